The number of allylic oxidation sites excluding steroid dienone is 2. The normalized spacial score (nSPS) is 14.7. The third-order valence-electron chi connectivity index (χ3n) is 6.03. The number of nitrogens with zero attached hydrogens (tertiary/aromatic N) is 7. The van der Waals surface area contributed by atoms with Crippen molar-refractivity contribution in [1.82, 2.24) is 29.7 Å². The highest BCUT2D eigenvalue weighted by Gasteiger charge is 2.14. The van der Waals surface area contributed by atoms with Gasteiger partial charge in [-0.3, -0.25) is 0 Å². The minimum absolute atomic E-state index is 0.181. The van der Waals surface area contributed by atoms with Crippen LogP contribution in [0, 0.1) is 24.7 Å². The predicted octanol–water partition coefficient (Wildman–Crippen LogP) is 4.42. The van der Waals surface area contributed by atoms with E-state index < -0.39 is 0 Å². The van der Waals surface area contributed by atoms with Gasteiger partial charge in [0.05, 0.1) is 24.3 Å². The van der Waals surface area contributed by atoms with E-state index >= 15 is 0 Å². The fourth-order valence-electron chi connectivity index (χ4n) is 3.90. The molecular weight excluding hydrogens is 488 g/mol. The Hall–Kier alpha value is -4.97. The van der Waals surface area contributed by atoms with Gasteiger partial charge in [-0.1, -0.05) is 49.3 Å². The van der Waals surface area contributed by atoms with E-state index in [-0.39, 0.29) is 5.75 Å². The molecule has 9 heteroatoms. The Morgan fingerprint density at radius 3 is 2.56 bits per heavy atom. The number of anilines is 2. The molecule has 3 N–H and O–H groups in total. The van der Waals surface area contributed by atoms with Gasteiger partial charge in [-0.05, 0) is 49.4 Å². The topological polar surface area (TPSA) is 119 Å². The fourth-order valence-corrected chi connectivity index (χ4v) is 3.90. The maximum absolute atomic E-state index is 10.0. The Labute approximate surface area is 228 Å². The zero-order valence-electron chi connectivity index (χ0n) is 22.1. The van der Waals surface area contributed by atoms with Crippen LogP contribution in [0.25, 0.3) is 11.3 Å². The molecule has 4 heterocycles. The predicted molar refractivity (Wildman–Crippen MR) is 154 cm³/mol. The van der Waals surface area contributed by atoms with E-state index in [9.17, 15) is 5.11 Å². The molecule has 1 aliphatic rings. The summed E-state index contributed by atoms with van der Waals surface area (Å²) < 4.78 is 1.89. The summed E-state index contributed by atoms with van der Waals surface area (Å²) in [6.45, 7) is 6.23. The third-order valence-corrected chi connectivity index (χ3v) is 6.03. The first-order chi connectivity index (χ1) is 19.0. The molecule has 0 spiro atoms. The number of hydrogen-bond donors (Lipinski definition) is 2. The van der Waals surface area contributed by atoms with Crippen LogP contribution >= 0.6 is 0 Å². The van der Waals surface area contributed by atoms with Crippen LogP contribution in [0.1, 0.15) is 24.9 Å². The van der Waals surface area contributed by atoms with E-state index in [1.54, 1.807) is 30.9 Å². The summed E-state index contributed by atoms with van der Waals surface area (Å²) in [7, 11) is 0. The lowest BCUT2D eigenvalue weighted by molar-refractivity contribution is 0.477. The molecule has 3 aromatic heterocycles. The Kier molecular flexibility index (Phi) is 9.40. The molecule has 4 aromatic rings. The molecule has 1 aromatic carbocycles. The van der Waals surface area contributed by atoms with E-state index in [4.69, 9.17) is 5.73 Å². The van der Waals surface area contributed by atoms with Gasteiger partial charge >= 0.3 is 0 Å². The van der Waals surface area contributed by atoms with Gasteiger partial charge in [0.25, 0.3) is 0 Å². The number of para-hydroxylation sites is 1. The summed E-state index contributed by atoms with van der Waals surface area (Å²) in [6, 6.07) is 10.8. The van der Waals surface area contributed by atoms with Crippen molar-refractivity contribution in [2.45, 2.75) is 26.8 Å². The molecule has 0 radical (unpaired) electrons. The summed E-state index contributed by atoms with van der Waals surface area (Å²) >= 11 is 0. The molecule has 0 bridgehead atoms. The number of phenolic OH excluding ortho intramolecular Hbond substituents is 1. The number of phenols is 1. The largest absolute Gasteiger partial charge is 0.507 e. The molecule has 1 aliphatic heterocycles. The van der Waals surface area contributed by atoms with Crippen LogP contribution in [0.3, 0.4) is 0 Å². The van der Waals surface area contributed by atoms with Gasteiger partial charge in [-0.25, -0.2) is 15.0 Å². The lowest BCUT2D eigenvalue weighted by atomic mass is 10.0. The number of rotatable bonds is 4. The van der Waals surface area contributed by atoms with Crippen molar-refractivity contribution in [1.29, 1.82) is 0 Å². The second-order valence-electron chi connectivity index (χ2n) is 8.91. The van der Waals surface area contributed by atoms with Crippen LogP contribution in [0.2, 0.25) is 0 Å². The molecule has 0 aliphatic carbocycles. The second kappa shape index (κ2) is 13.5. The minimum atomic E-state index is 0.181. The van der Waals surface area contributed by atoms with Gasteiger partial charge in [0, 0.05) is 42.9 Å². The Morgan fingerprint density at radius 2 is 1.87 bits per heavy atom. The lowest BCUT2D eigenvalue weighted by Crippen LogP contribution is -2.26. The van der Waals surface area contributed by atoms with Crippen molar-refractivity contribution in [3.05, 3.63) is 97.1 Å². The fraction of sp³-hybridized carbons (Fsp3) is 0.233. The number of benzene rings is 1. The number of aromatic nitrogens is 6. The number of nitrogen functional groups attached to an aromatic ring is 1. The van der Waals surface area contributed by atoms with Crippen molar-refractivity contribution >= 4 is 11.5 Å². The standard InChI is InChI=1S/C19H22N4O.C11H10N4/c1-2-14-7-5-11-23(12-6-8-14)17-13-16(21-22-19(17)20)15-9-3-4-10-18(15)24;1-10-4-5-13-11(14-10)3-2-7-15-8-6-12-9-15/h3-10,13-14,24H,2,11-12H2,1H3,(H2,20,22);4-6,8-9H,7H2,1H3/b7-5-,8-6-;. The van der Waals surface area contributed by atoms with Gasteiger partial charge in [0.15, 0.2) is 5.82 Å². The van der Waals surface area contributed by atoms with Gasteiger partial charge < -0.3 is 20.3 Å². The van der Waals surface area contributed by atoms with Crippen LogP contribution in [-0.2, 0) is 6.54 Å². The van der Waals surface area contributed by atoms with Crippen LogP contribution in [-0.4, -0.2) is 47.9 Å². The van der Waals surface area contributed by atoms with Crippen molar-refractivity contribution in [3.8, 4) is 28.8 Å². The lowest BCUT2D eigenvalue weighted by Gasteiger charge is -2.24. The van der Waals surface area contributed by atoms with Gasteiger partial charge in [-0.15, -0.1) is 10.2 Å². The zero-order chi connectivity index (χ0) is 27.5. The molecule has 5 rings (SSSR count). The van der Waals surface area contributed by atoms with Gasteiger partial charge in [-0.2, -0.15) is 0 Å². The monoisotopic (exact) mass is 520 g/mol. The summed E-state index contributed by atoms with van der Waals surface area (Å²) in [6.07, 6.45) is 16.9. The molecule has 0 atom stereocenters. The van der Waals surface area contributed by atoms with Crippen molar-refractivity contribution in [2.24, 2.45) is 5.92 Å². The molecule has 39 heavy (non-hydrogen) atoms. The average molecular weight is 521 g/mol. The first-order valence-corrected chi connectivity index (χ1v) is 12.8. The van der Waals surface area contributed by atoms with Crippen LogP contribution in [0.5, 0.6) is 5.75 Å². The van der Waals surface area contributed by atoms with Crippen LogP contribution < -0.4 is 10.6 Å². The van der Waals surface area contributed by atoms with Crippen LogP contribution in [0.4, 0.5) is 11.5 Å². The number of nitrogens with two attached hydrogens (primary N) is 1. The molecule has 198 valence electrons. The first kappa shape index (κ1) is 27.1. The molecule has 0 saturated heterocycles. The third kappa shape index (κ3) is 7.76. The number of hydrogen-bond acceptors (Lipinski definition) is 8. The summed E-state index contributed by atoms with van der Waals surface area (Å²) in [5, 5.41) is 18.3. The highest BCUT2D eigenvalue weighted by atomic mass is 16.3. The van der Waals surface area contributed by atoms with E-state index in [1.165, 1.54) is 0 Å². The average Bonchev–Trinajstić information content (AvgIpc) is 3.44. The summed E-state index contributed by atoms with van der Waals surface area (Å²) in [5.41, 5.74) is 9.07. The van der Waals surface area contributed by atoms with E-state index in [1.807, 2.05) is 42.0 Å². The zero-order valence-corrected chi connectivity index (χ0v) is 22.1. The Balaban J connectivity index is 0.000000202. The smallest absolute Gasteiger partial charge is 0.205 e. The van der Waals surface area contributed by atoms with E-state index in [0.29, 0.717) is 35.4 Å². The maximum atomic E-state index is 10.0. The highest BCUT2D eigenvalue weighted by molar-refractivity contribution is 5.74. The quantitative estimate of drug-likeness (QED) is 0.300. The Morgan fingerprint density at radius 1 is 1.08 bits per heavy atom. The molecular formula is C30H32N8O. The Bertz CT molecular complexity index is 1470. The summed E-state index contributed by atoms with van der Waals surface area (Å²) in [4.78, 5) is 14.3. The molecule has 0 unspecified atom stereocenters. The number of aromatic hydroxyl groups is 1. The highest BCUT2D eigenvalue weighted by Crippen LogP contribution is 2.31. The van der Waals surface area contributed by atoms with Crippen molar-refractivity contribution in [2.75, 3.05) is 23.7 Å². The maximum Gasteiger partial charge on any atom is 0.205 e. The minimum Gasteiger partial charge on any atom is -0.507 e. The van der Waals surface area contributed by atoms with Crippen molar-refractivity contribution < 1.29 is 5.11 Å². The molecule has 0 saturated carbocycles. The molecule has 9 nitrogen and oxygen atoms in total. The SMILES string of the molecule is CCC1/C=C\CN(c2cc(-c3ccccc3O)nnc2N)C/C=C\1.Cc1ccnc(C#CCn2ccnc2)n1. The molecule has 0 amide bonds. The summed E-state index contributed by atoms with van der Waals surface area (Å²) in [5.74, 6) is 7.52. The van der Waals surface area contributed by atoms with E-state index in [0.717, 1.165) is 30.9 Å². The van der Waals surface area contributed by atoms with Gasteiger partial charge in [0.1, 0.15) is 5.75 Å². The first-order valence-electron chi connectivity index (χ1n) is 12.8. The van der Waals surface area contributed by atoms with Gasteiger partial charge in [0.2, 0.25) is 5.82 Å². The number of imidazole rings is 1. The molecule has 0 fully saturated rings. The van der Waals surface area contributed by atoms with E-state index in [2.05, 4.69) is 73.1 Å². The van der Waals surface area contributed by atoms with Crippen LogP contribution in [0.15, 0.2) is 85.6 Å². The van der Waals surface area contributed by atoms with Crippen molar-refractivity contribution in [3.63, 3.8) is 0 Å². The number of aryl methyl sites for hydroxylation is 1. The second-order valence-corrected chi connectivity index (χ2v) is 8.91.